The molecule has 1 fully saturated rings. The van der Waals surface area contributed by atoms with Crippen LogP contribution < -0.4 is 15.2 Å². The van der Waals surface area contributed by atoms with Crippen LogP contribution in [-0.4, -0.2) is 24.0 Å². The largest absolute Gasteiger partial charge is 0.504 e. The van der Waals surface area contributed by atoms with Crippen molar-refractivity contribution in [2.24, 2.45) is 0 Å². The van der Waals surface area contributed by atoms with Crippen LogP contribution in [0.3, 0.4) is 0 Å². The lowest BCUT2D eigenvalue weighted by Crippen LogP contribution is -2.35. The van der Waals surface area contributed by atoms with E-state index in [4.69, 9.17) is 4.74 Å². The smallest absolute Gasteiger partial charge is 0.282 e. The first-order valence-electron chi connectivity index (χ1n) is 7.82. The molecule has 1 aliphatic heterocycles. The maximum atomic E-state index is 12.7. The molecule has 2 aromatic rings. The van der Waals surface area contributed by atoms with Gasteiger partial charge in [0.05, 0.1) is 16.4 Å². The number of hydrazine groups is 1. The van der Waals surface area contributed by atoms with Crippen molar-refractivity contribution in [3.63, 3.8) is 0 Å². The predicted octanol–water partition coefficient (Wildman–Crippen LogP) is 3.08. The number of amides is 2. The summed E-state index contributed by atoms with van der Waals surface area (Å²) in [7, 11) is 1.44. The molecule has 26 heavy (non-hydrogen) atoms. The summed E-state index contributed by atoms with van der Waals surface area (Å²) < 4.78 is 5.68. The highest BCUT2D eigenvalue weighted by Crippen LogP contribution is 2.33. The highest BCUT2D eigenvalue weighted by molar-refractivity contribution is 14.1. The Morgan fingerprint density at radius 2 is 1.88 bits per heavy atom. The van der Waals surface area contributed by atoms with Crippen LogP contribution in [0.4, 0.5) is 5.69 Å². The molecule has 1 aliphatic rings. The van der Waals surface area contributed by atoms with E-state index in [1.165, 1.54) is 18.2 Å². The zero-order valence-corrected chi connectivity index (χ0v) is 16.6. The molecule has 2 amide bonds. The number of phenolic OH excluding ortho intramolecular Hbond substituents is 1. The van der Waals surface area contributed by atoms with Crippen LogP contribution in [0.1, 0.15) is 16.7 Å². The van der Waals surface area contributed by atoms with E-state index in [1.54, 1.807) is 18.2 Å². The third-order valence-corrected chi connectivity index (χ3v) is 5.04. The maximum Gasteiger partial charge on any atom is 0.282 e. The van der Waals surface area contributed by atoms with Gasteiger partial charge >= 0.3 is 0 Å². The van der Waals surface area contributed by atoms with Gasteiger partial charge in [-0.05, 0) is 83.5 Å². The van der Waals surface area contributed by atoms with Gasteiger partial charge in [0.15, 0.2) is 11.5 Å². The number of carbonyl (C=O) groups excluding carboxylic acids is 2. The van der Waals surface area contributed by atoms with Gasteiger partial charge in [-0.2, -0.15) is 0 Å². The topological polar surface area (TPSA) is 78.9 Å². The van der Waals surface area contributed by atoms with Crippen molar-refractivity contribution < 1.29 is 19.4 Å². The van der Waals surface area contributed by atoms with E-state index in [0.29, 0.717) is 14.8 Å². The molecule has 1 saturated heterocycles. The average molecular weight is 464 g/mol. The molecule has 0 unspecified atom stereocenters. The first-order chi connectivity index (χ1) is 12.3. The average Bonchev–Trinajstić information content (AvgIpc) is 2.88. The Hall–Kier alpha value is -2.55. The minimum absolute atomic E-state index is 0.0202. The van der Waals surface area contributed by atoms with Gasteiger partial charge in [0.1, 0.15) is 5.57 Å². The Kier molecular flexibility index (Phi) is 4.90. The van der Waals surface area contributed by atoms with Gasteiger partial charge in [0, 0.05) is 0 Å². The van der Waals surface area contributed by atoms with Crippen molar-refractivity contribution in [3.8, 4) is 11.5 Å². The summed E-state index contributed by atoms with van der Waals surface area (Å²) >= 11 is 1.96. The standard InChI is InChI=1S/C19H17IN2O4/c1-10-4-5-13(6-11(10)2)22-19(25)14(18(24)21-22)7-12-8-15(20)17(23)16(9-12)26-3/h4-9,23H,1-3H3,(H,21,24)/b14-7-. The second kappa shape index (κ2) is 6.99. The molecule has 6 nitrogen and oxygen atoms in total. The fraction of sp³-hybridized carbons (Fsp3) is 0.158. The summed E-state index contributed by atoms with van der Waals surface area (Å²) in [4.78, 5) is 25.0. The number of rotatable bonds is 3. The van der Waals surface area contributed by atoms with Crippen molar-refractivity contribution in [3.05, 3.63) is 56.2 Å². The van der Waals surface area contributed by atoms with Gasteiger partial charge in [0.2, 0.25) is 0 Å². The lowest BCUT2D eigenvalue weighted by molar-refractivity contribution is -0.117. The van der Waals surface area contributed by atoms with Crippen LogP contribution in [0, 0.1) is 17.4 Å². The second-order valence-electron chi connectivity index (χ2n) is 5.96. The summed E-state index contributed by atoms with van der Waals surface area (Å²) in [6, 6.07) is 8.78. The summed E-state index contributed by atoms with van der Waals surface area (Å²) in [6.07, 6.45) is 1.49. The number of aryl methyl sites for hydroxylation is 2. The van der Waals surface area contributed by atoms with E-state index in [-0.39, 0.29) is 17.1 Å². The van der Waals surface area contributed by atoms with Gasteiger partial charge < -0.3 is 9.84 Å². The molecule has 0 radical (unpaired) electrons. The van der Waals surface area contributed by atoms with Gasteiger partial charge in [-0.15, -0.1) is 0 Å². The van der Waals surface area contributed by atoms with Crippen molar-refractivity contribution >= 4 is 46.2 Å². The van der Waals surface area contributed by atoms with Crippen LogP contribution in [0.15, 0.2) is 35.9 Å². The number of benzene rings is 2. The summed E-state index contributed by atoms with van der Waals surface area (Å²) in [5.74, 6) is -0.606. The fourth-order valence-corrected chi connectivity index (χ4v) is 3.23. The van der Waals surface area contributed by atoms with Gasteiger partial charge in [-0.1, -0.05) is 6.07 Å². The van der Waals surface area contributed by atoms with E-state index in [1.807, 2.05) is 48.6 Å². The molecular formula is C19H17IN2O4. The van der Waals surface area contributed by atoms with Crippen molar-refractivity contribution in [2.45, 2.75) is 13.8 Å². The molecule has 3 rings (SSSR count). The molecule has 7 heteroatoms. The SMILES string of the molecule is COc1cc(/C=C2/C(=O)NN(c3ccc(C)c(C)c3)C2=O)cc(I)c1O. The second-order valence-corrected chi connectivity index (χ2v) is 7.12. The van der Waals surface area contributed by atoms with E-state index < -0.39 is 11.8 Å². The van der Waals surface area contributed by atoms with Crippen LogP contribution in [0.5, 0.6) is 11.5 Å². The Morgan fingerprint density at radius 3 is 2.54 bits per heavy atom. The number of anilines is 1. The molecule has 0 atom stereocenters. The highest BCUT2D eigenvalue weighted by atomic mass is 127. The van der Waals surface area contributed by atoms with Gasteiger partial charge in [0.25, 0.3) is 11.8 Å². The minimum Gasteiger partial charge on any atom is -0.504 e. The Morgan fingerprint density at radius 1 is 1.15 bits per heavy atom. The summed E-state index contributed by atoms with van der Waals surface area (Å²) in [5, 5.41) is 11.2. The van der Waals surface area contributed by atoms with Gasteiger partial charge in [-0.3, -0.25) is 15.0 Å². The quantitative estimate of drug-likeness (QED) is 0.416. The normalized spacial score (nSPS) is 15.5. The number of carbonyl (C=O) groups is 2. The number of nitrogens with one attached hydrogen (secondary N) is 1. The first-order valence-corrected chi connectivity index (χ1v) is 8.90. The summed E-state index contributed by atoms with van der Waals surface area (Å²) in [6.45, 7) is 3.93. The van der Waals surface area contributed by atoms with E-state index >= 15 is 0 Å². The summed E-state index contributed by atoms with van der Waals surface area (Å²) in [5.41, 5.74) is 5.93. The van der Waals surface area contributed by atoms with E-state index in [0.717, 1.165) is 11.1 Å². The third kappa shape index (κ3) is 3.26. The Balaban J connectivity index is 1.98. The molecule has 134 valence electrons. The Labute approximate surface area is 164 Å². The fourth-order valence-electron chi connectivity index (χ4n) is 2.60. The van der Waals surface area contributed by atoms with E-state index in [9.17, 15) is 14.7 Å². The van der Waals surface area contributed by atoms with Crippen molar-refractivity contribution in [2.75, 3.05) is 12.1 Å². The highest BCUT2D eigenvalue weighted by Gasteiger charge is 2.34. The lowest BCUT2D eigenvalue weighted by atomic mass is 10.1. The zero-order valence-electron chi connectivity index (χ0n) is 14.5. The number of aromatic hydroxyl groups is 1. The van der Waals surface area contributed by atoms with Crippen molar-refractivity contribution in [1.82, 2.24) is 5.43 Å². The number of hydrogen-bond donors (Lipinski definition) is 2. The Bertz CT molecular complexity index is 953. The maximum absolute atomic E-state index is 12.7. The zero-order chi connectivity index (χ0) is 19.0. The number of halogens is 1. The molecular weight excluding hydrogens is 447 g/mol. The van der Waals surface area contributed by atoms with Crippen LogP contribution in [0.2, 0.25) is 0 Å². The molecule has 2 aromatic carbocycles. The van der Waals surface area contributed by atoms with Crippen LogP contribution in [0.25, 0.3) is 6.08 Å². The molecule has 0 spiro atoms. The molecule has 0 bridgehead atoms. The van der Waals surface area contributed by atoms with Crippen LogP contribution in [-0.2, 0) is 9.59 Å². The molecule has 0 aliphatic carbocycles. The monoisotopic (exact) mass is 464 g/mol. The first kappa shape index (κ1) is 18.2. The number of phenols is 1. The number of hydrogen-bond acceptors (Lipinski definition) is 4. The number of nitrogens with zero attached hydrogens (tertiary/aromatic N) is 1. The third-order valence-electron chi connectivity index (χ3n) is 4.22. The van der Waals surface area contributed by atoms with Crippen LogP contribution >= 0.6 is 22.6 Å². The number of ether oxygens (including phenoxy) is 1. The molecule has 1 heterocycles. The van der Waals surface area contributed by atoms with E-state index in [2.05, 4.69) is 5.43 Å². The van der Waals surface area contributed by atoms with Crippen molar-refractivity contribution in [1.29, 1.82) is 0 Å². The number of methoxy groups -OCH3 is 1. The molecule has 0 aromatic heterocycles. The lowest BCUT2D eigenvalue weighted by Gasteiger charge is -2.16. The molecule has 0 saturated carbocycles. The minimum atomic E-state index is -0.477. The molecule has 2 N–H and O–H groups in total. The predicted molar refractivity (Wildman–Crippen MR) is 107 cm³/mol. The van der Waals surface area contributed by atoms with Gasteiger partial charge in [-0.25, -0.2) is 5.01 Å².